The SMILES string of the molecule is Cn1cc(S(=O)(=O)NC(=O)/C=C/c2ccc(F)cc2)cc1C(N)=O. The number of primary amides is 1. The number of carbonyl (C=O) groups is 2. The van der Waals surface area contributed by atoms with Crippen LogP contribution in [0, 0.1) is 5.82 Å². The fourth-order valence-electron chi connectivity index (χ4n) is 1.90. The normalized spacial score (nSPS) is 11.6. The number of nitrogens with zero attached hydrogens (tertiary/aromatic N) is 1. The number of nitrogens with two attached hydrogens (primary N) is 1. The first-order valence-electron chi connectivity index (χ1n) is 6.65. The van der Waals surface area contributed by atoms with Crippen LogP contribution < -0.4 is 10.5 Å². The fourth-order valence-corrected chi connectivity index (χ4v) is 2.91. The van der Waals surface area contributed by atoms with E-state index in [9.17, 15) is 22.4 Å². The fraction of sp³-hybridized carbons (Fsp3) is 0.0667. The zero-order valence-electron chi connectivity index (χ0n) is 12.6. The molecule has 1 heterocycles. The standard InChI is InChI=1S/C15H14FN3O4S/c1-19-9-12(8-13(19)15(17)21)24(22,23)18-14(20)7-4-10-2-5-11(16)6-3-10/h2-9H,1H3,(H2,17,21)(H,18,20)/b7-4+. The average Bonchev–Trinajstić information content (AvgIpc) is 2.89. The third kappa shape index (κ3) is 4.07. The molecule has 0 fully saturated rings. The number of rotatable bonds is 5. The first kappa shape index (κ1) is 17.4. The van der Waals surface area contributed by atoms with Crippen LogP contribution in [0.1, 0.15) is 16.1 Å². The molecule has 0 atom stereocenters. The molecule has 1 aromatic carbocycles. The van der Waals surface area contributed by atoms with Gasteiger partial charge in [-0.3, -0.25) is 9.59 Å². The predicted octanol–water partition coefficient (Wildman–Crippen LogP) is 0.781. The Hall–Kier alpha value is -2.94. The number of carbonyl (C=O) groups excluding carboxylic acids is 2. The summed E-state index contributed by atoms with van der Waals surface area (Å²) in [6.07, 6.45) is 3.51. The van der Waals surface area contributed by atoms with Gasteiger partial charge in [0.15, 0.2) is 0 Å². The molecule has 0 aliphatic carbocycles. The summed E-state index contributed by atoms with van der Waals surface area (Å²) in [6.45, 7) is 0. The molecule has 0 aliphatic rings. The maximum absolute atomic E-state index is 12.8. The van der Waals surface area contributed by atoms with E-state index in [2.05, 4.69) is 0 Å². The molecule has 1 aromatic heterocycles. The van der Waals surface area contributed by atoms with Gasteiger partial charge < -0.3 is 10.3 Å². The number of benzene rings is 1. The molecular weight excluding hydrogens is 337 g/mol. The van der Waals surface area contributed by atoms with Gasteiger partial charge in [0, 0.05) is 19.3 Å². The molecule has 9 heteroatoms. The van der Waals surface area contributed by atoms with Gasteiger partial charge in [-0.25, -0.2) is 17.5 Å². The second-order valence-electron chi connectivity index (χ2n) is 4.89. The molecular formula is C15H14FN3O4S. The Morgan fingerprint density at radius 2 is 1.88 bits per heavy atom. The van der Waals surface area contributed by atoms with Crippen LogP contribution in [0.4, 0.5) is 4.39 Å². The summed E-state index contributed by atoms with van der Waals surface area (Å²) >= 11 is 0. The minimum absolute atomic E-state index is 0.00956. The zero-order chi connectivity index (χ0) is 17.9. The quantitative estimate of drug-likeness (QED) is 0.775. The largest absolute Gasteiger partial charge is 0.364 e. The second-order valence-corrected chi connectivity index (χ2v) is 6.57. The number of aromatic nitrogens is 1. The molecule has 7 nitrogen and oxygen atoms in total. The lowest BCUT2D eigenvalue weighted by molar-refractivity contribution is -0.114. The monoisotopic (exact) mass is 351 g/mol. The molecule has 0 unspecified atom stereocenters. The Bertz CT molecular complexity index is 915. The number of amides is 2. The van der Waals surface area contributed by atoms with E-state index in [4.69, 9.17) is 5.73 Å². The van der Waals surface area contributed by atoms with Crippen LogP contribution in [0.15, 0.2) is 47.5 Å². The highest BCUT2D eigenvalue weighted by atomic mass is 32.2. The summed E-state index contributed by atoms with van der Waals surface area (Å²) in [7, 11) is -2.69. The maximum atomic E-state index is 12.8. The molecule has 126 valence electrons. The van der Waals surface area contributed by atoms with E-state index >= 15 is 0 Å². The van der Waals surface area contributed by atoms with Gasteiger partial charge in [0.1, 0.15) is 16.4 Å². The molecule has 0 bridgehead atoms. The van der Waals surface area contributed by atoms with E-state index in [0.29, 0.717) is 5.56 Å². The number of halogens is 1. The summed E-state index contributed by atoms with van der Waals surface area (Å²) in [6, 6.07) is 6.36. The lowest BCUT2D eigenvalue weighted by Crippen LogP contribution is -2.28. The molecule has 24 heavy (non-hydrogen) atoms. The Morgan fingerprint density at radius 3 is 2.42 bits per heavy atom. The van der Waals surface area contributed by atoms with Crippen molar-refractivity contribution in [3.63, 3.8) is 0 Å². The van der Waals surface area contributed by atoms with Gasteiger partial charge in [-0.05, 0) is 29.8 Å². The predicted molar refractivity (Wildman–Crippen MR) is 84.7 cm³/mol. The van der Waals surface area contributed by atoms with Crippen molar-refractivity contribution >= 4 is 27.9 Å². The van der Waals surface area contributed by atoms with Gasteiger partial charge in [0.2, 0.25) is 0 Å². The zero-order valence-corrected chi connectivity index (χ0v) is 13.4. The Labute approximate surface area is 137 Å². The van der Waals surface area contributed by atoms with Gasteiger partial charge >= 0.3 is 0 Å². The van der Waals surface area contributed by atoms with Crippen molar-refractivity contribution < 1.29 is 22.4 Å². The van der Waals surface area contributed by atoms with Crippen LogP contribution >= 0.6 is 0 Å². The molecule has 2 rings (SSSR count). The van der Waals surface area contributed by atoms with Crippen LogP contribution in [0.5, 0.6) is 0 Å². The number of nitrogens with one attached hydrogen (secondary N) is 1. The summed E-state index contributed by atoms with van der Waals surface area (Å²) < 4.78 is 40.1. The van der Waals surface area contributed by atoms with Gasteiger partial charge in [-0.15, -0.1) is 0 Å². The van der Waals surface area contributed by atoms with E-state index in [-0.39, 0.29) is 10.6 Å². The molecule has 0 saturated heterocycles. The molecule has 2 amide bonds. The summed E-state index contributed by atoms with van der Waals surface area (Å²) in [5.41, 5.74) is 5.63. The number of hydrogen-bond acceptors (Lipinski definition) is 4. The van der Waals surface area contributed by atoms with E-state index in [1.807, 2.05) is 4.72 Å². The van der Waals surface area contributed by atoms with Crippen LogP contribution in [-0.4, -0.2) is 24.8 Å². The summed E-state index contributed by atoms with van der Waals surface area (Å²) in [4.78, 5) is 22.6. The number of hydrogen-bond donors (Lipinski definition) is 2. The molecule has 0 radical (unpaired) electrons. The van der Waals surface area contributed by atoms with Crippen LogP contribution in [0.3, 0.4) is 0 Å². The lowest BCUT2D eigenvalue weighted by atomic mass is 10.2. The Balaban J connectivity index is 2.13. The van der Waals surface area contributed by atoms with Gasteiger partial charge in [0.05, 0.1) is 0 Å². The smallest absolute Gasteiger partial charge is 0.265 e. The summed E-state index contributed by atoms with van der Waals surface area (Å²) in [5.74, 6) is -2.10. The van der Waals surface area contributed by atoms with Crippen molar-refractivity contribution in [2.24, 2.45) is 12.8 Å². The van der Waals surface area contributed by atoms with Gasteiger partial charge in [-0.2, -0.15) is 0 Å². The lowest BCUT2D eigenvalue weighted by Gasteiger charge is -2.01. The van der Waals surface area contributed by atoms with Crippen molar-refractivity contribution in [1.29, 1.82) is 0 Å². The van der Waals surface area contributed by atoms with Crippen molar-refractivity contribution in [3.05, 3.63) is 59.7 Å². The Morgan fingerprint density at radius 1 is 1.25 bits per heavy atom. The van der Waals surface area contributed by atoms with E-state index in [1.165, 1.54) is 48.2 Å². The third-order valence-corrected chi connectivity index (χ3v) is 4.39. The van der Waals surface area contributed by atoms with Gasteiger partial charge in [0.25, 0.3) is 21.8 Å². The first-order chi connectivity index (χ1) is 11.2. The molecule has 3 N–H and O–H groups in total. The van der Waals surface area contributed by atoms with E-state index < -0.39 is 27.7 Å². The highest BCUT2D eigenvalue weighted by Crippen LogP contribution is 2.13. The minimum Gasteiger partial charge on any atom is -0.364 e. The second kappa shape index (κ2) is 6.67. The van der Waals surface area contributed by atoms with Crippen LogP contribution in [0.2, 0.25) is 0 Å². The van der Waals surface area contributed by atoms with E-state index in [1.54, 1.807) is 0 Å². The van der Waals surface area contributed by atoms with Crippen LogP contribution in [0.25, 0.3) is 6.08 Å². The molecule has 2 aromatic rings. The number of sulfonamides is 1. The first-order valence-corrected chi connectivity index (χ1v) is 8.14. The highest BCUT2D eigenvalue weighted by molar-refractivity contribution is 7.90. The number of aryl methyl sites for hydroxylation is 1. The van der Waals surface area contributed by atoms with Crippen LogP contribution in [-0.2, 0) is 21.9 Å². The molecule has 0 aliphatic heterocycles. The third-order valence-electron chi connectivity index (χ3n) is 3.07. The maximum Gasteiger partial charge on any atom is 0.265 e. The minimum atomic E-state index is -4.15. The Kier molecular flexibility index (Phi) is 4.84. The average molecular weight is 351 g/mol. The van der Waals surface area contributed by atoms with E-state index in [0.717, 1.165) is 12.1 Å². The summed E-state index contributed by atoms with van der Waals surface area (Å²) in [5, 5.41) is 0. The van der Waals surface area contributed by atoms with Gasteiger partial charge in [-0.1, -0.05) is 12.1 Å². The highest BCUT2D eigenvalue weighted by Gasteiger charge is 2.20. The topological polar surface area (TPSA) is 111 Å². The van der Waals surface area contributed by atoms with Crippen molar-refractivity contribution in [3.8, 4) is 0 Å². The molecule has 0 spiro atoms. The van der Waals surface area contributed by atoms with Crippen molar-refractivity contribution in [2.45, 2.75) is 4.90 Å². The van der Waals surface area contributed by atoms with Crippen molar-refractivity contribution in [2.75, 3.05) is 0 Å². The van der Waals surface area contributed by atoms with Crippen molar-refractivity contribution in [1.82, 2.24) is 9.29 Å². The molecule has 0 saturated carbocycles.